The van der Waals surface area contributed by atoms with Crippen molar-refractivity contribution in [3.8, 4) is 0 Å². The van der Waals surface area contributed by atoms with Crippen molar-refractivity contribution in [2.45, 2.75) is 36.3 Å². The van der Waals surface area contributed by atoms with Crippen molar-refractivity contribution in [2.75, 3.05) is 10.2 Å². The summed E-state index contributed by atoms with van der Waals surface area (Å²) in [7, 11) is 0. The average Bonchev–Trinajstić information content (AvgIpc) is 3.30. The number of rotatable bonds is 9. The quantitative estimate of drug-likeness (QED) is 0.143. The molecule has 0 spiro atoms. The van der Waals surface area contributed by atoms with Gasteiger partial charge < -0.3 is 10.6 Å². The van der Waals surface area contributed by atoms with Crippen molar-refractivity contribution in [3.05, 3.63) is 130 Å². The molecule has 1 fully saturated rings. The number of carbonyl (C=O) groups excluding carboxylic acids is 4. The number of nitrogens with zero attached hydrogens (tertiary/aromatic N) is 1. The lowest BCUT2D eigenvalue weighted by Crippen LogP contribution is -2.31. The van der Waals surface area contributed by atoms with E-state index in [0.717, 1.165) is 20.5 Å². The van der Waals surface area contributed by atoms with Crippen LogP contribution in [-0.2, 0) is 14.4 Å². The molecule has 4 aromatic carbocycles. The van der Waals surface area contributed by atoms with Gasteiger partial charge in [0.1, 0.15) is 5.70 Å². The zero-order chi connectivity index (χ0) is 31.2. The second-order valence-electron chi connectivity index (χ2n) is 10.5. The molecule has 9 heteroatoms. The van der Waals surface area contributed by atoms with Crippen LogP contribution in [0.15, 0.2) is 118 Å². The van der Waals surface area contributed by atoms with E-state index in [2.05, 4.69) is 40.4 Å². The zero-order valence-electron chi connectivity index (χ0n) is 24.1. The molecule has 7 nitrogen and oxygen atoms in total. The monoisotopic (exact) mass is 667 g/mol. The minimum absolute atomic E-state index is 0.0798. The first kappa shape index (κ1) is 31.0. The van der Waals surface area contributed by atoms with Crippen LogP contribution in [0.1, 0.15) is 47.7 Å². The average molecular weight is 669 g/mol. The normalized spacial score (nSPS) is 15.0. The molecule has 1 atom stereocenters. The number of thioether (sulfide) groups is 1. The first-order valence-electron chi connectivity index (χ1n) is 14.1. The van der Waals surface area contributed by atoms with Gasteiger partial charge in [-0.1, -0.05) is 72.2 Å². The third kappa shape index (κ3) is 7.53. The van der Waals surface area contributed by atoms with Crippen molar-refractivity contribution in [1.29, 1.82) is 0 Å². The van der Waals surface area contributed by atoms with E-state index in [9.17, 15) is 19.2 Å². The van der Waals surface area contributed by atoms with Gasteiger partial charge >= 0.3 is 0 Å². The highest BCUT2D eigenvalue weighted by atomic mass is 79.9. The lowest BCUT2D eigenvalue weighted by Gasteiger charge is -2.16. The van der Waals surface area contributed by atoms with E-state index in [-0.39, 0.29) is 23.9 Å². The molecule has 5 rings (SSSR count). The molecule has 1 unspecified atom stereocenters. The summed E-state index contributed by atoms with van der Waals surface area (Å²) in [6.45, 7) is 4.18. The molecule has 1 aliphatic heterocycles. The maximum Gasteiger partial charge on any atom is 0.272 e. The van der Waals surface area contributed by atoms with E-state index in [4.69, 9.17) is 0 Å². The van der Waals surface area contributed by atoms with E-state index >= 15 is 0 Å². The molecule has 0 saturated carbocycles. The Morgan fingerprint density at radius 3 is 2.18 bits per heavy atom. The highest BCUT2D eigenvalue weighted by Crippen LogP contribution is 2.35. The maximum absolute atomic E-state index is 13.3. The summed E-state index contributed by atoms with van der Waals surface area (Å²) in [6, 6.07) is 30.6. The first-order valence-corrected chi connectivity index (χ1v) is 15.7. The minimum atomic E-state index is -0.540. The summed E-state index contributed by atoms with van der Waals surface area (Å²) in [6.07, 6.45) is 1.72. The fourth-order valence-electron chi connectivity index (χ4n) is 4.62. The molecule has 0 radical (unpaired) electrons. The topological polar surface area (TPSA) is 95.6 Å². The standard InChI is InChI=1S/C35H30BrN3O4S/c1-22(2)24-10-16-28(17-11-24)39-32(40)21-31(35(39)43)44-29-18-14-27(15-19-29)37-34(42)30(20-23-8-12-26(36)13-9-23)38-33(41)25-6-4-3-5-7-25/h3-20,22,31H,21H2,1-2H3,(H,37,42)(H,38,41)/b30-20-. The van der Waals surface area contributed by atoms with Gasteiger partial charge in [-0.15, -0.1) is 11.8 Å². The molecule has 0 aliphatic carbocycles. The molecule has 2 N–H and O–H groups in total. The number of hydrogen-bond donors (Lipinski definition) is 2. The first-order chi connectivity index (χ1) is 21.2. The van der Waals surface area contributed by atoms with Crippen LogP contribution in [0.4, 0.5) is 11.4 Å². The molecule has 4 aromatic rings. The Labute approximate surface area is 268 Å². The number of hydrogen-bond acceptors (Lipinski definition) is 5. The Kier molecular flexibility index (Phi) is 9.77. The number of halogens is 1. The summed E-state index contributed by atoms with van der Waals surface area (Å²) >= 11 is 4.72. The molecule has 1 aliphatic rings. The molecular formula is C35H30BrN3O4S. The lowest BCUT2D eigenvalue weighted by molar-refractivity contribution is -0.121. The molecule has 0 aromatic heterocycles. The summed E-state index contributed by atoms with van der Waals surface area (Å²) in [5.74, 6) is -1.01. The van der Waals surface area contributed by atoms with Crippen LogP contribution in [0.5, 0.6) is 0 Å². The Balaban J connectivity index is 1.26. The van der Waals surface area contributed by atoms with Gasteiger partial charge in [0.15, 0.2) is 0 Å². The summed E-state index contributed by atoms with van der Waals surface area (Å²) in [5.41, 5.74) is 3.47. The molecule has 44 heavy (non-hydrogen) atoms. The van der Waals surface area contributed by atoms with Gasteiger partial charge in [0.2, 0.25) is 11.8 Å². The number of amides is 4. The summed E-state index contributed by atoms with van der Waals surface area (Å²) < 4.78 is 0.892. The highest BCUT2D eigenvalue weighted by molar-refractivity contribution is 9.10. The third-order valence-corrected chi connectivity index (χ3v) is 8.75. The third-order valence-electron chi connectivity index (χ3n) is 7.02. The van der Waals surface area contributed by atoms with Crippen LogP contribution in [0, 0.1) is 0 Å². The van der Waals surface area contributed by atoms with Crippen LogP contribution in [0.25, 0.3) is 6.08 Å². The Morgan fingerprint density at radius 2 is 1.55 bits per heavy atom. The SMILES string of the molecule is CC(C)c1ccc(N2C(=O)CC(Sc3ccc(NC(=O)/C(=C/c4ccc(Br)cc4)NC(=O)c4ccccc4)cc3)C2=O)cc1. The Morgan fingerprint density at radius 1 is 0.886 bits per heavy atom. The Bertz CT molecular complexity index is 1700. The fraction of sp³-hybridized carbons (Fsp3) is 0.143. The van der Waals surface area contributed by atoms with Crippen molar-refractivity contribution < 1.29 is 19.2 Å². The van der Waals surface area contributed by atoms with Gasteiger partial charge in [0, 0.05) is 27.0 Å². The summed E-state index contributed by atoms with van der Waals surface area (Å²) in [4.78, 5) is 54.2. The van der Waals surface area contributed by atoms with Crippen LogP contribution in [0.2, 0.25) is 0 Å². The van der Waals surface area contributed by atoms with Crippen LogP contribution >= 0.6 is 27.7 Å². The van der Waals surface area contributed by atoms with Gasteiger partial charge in [-0.2, -0.15) is 0 Å². The van der Waals surface area contributed by atoms with Gasteiger partial charge in [-0.3, -0.25) is 19.2 Å². The number of nitrogens with one attached hydrogen (secondary N) is 2. The van der Waals surface area contributed by atoms with Crippen molar-refractivity contribution in [3.63, 3.8) is 0 Å². The highest BCUT2D eigenvalue weighted by Gasteiger charge is 2.40. The molecule has 1 saturated heterocycles. The smallest absolute Gasteiger partial charge is 0.272 e. The second kappa shape index (κ2) is 13.9. The predicted octanol–water partition coefficient (Wildman–Crippen LogP) is 7.41. The van der Waals surface area contributed by atoms with E-state index in [1.165, 1.54) is 16.7 Å². The zero-order valence-corrected chi connectivity index (χ0v) is 26.5. The predicted molar refractivity (Wildman–Crippen MR) is 178 cm³/mol. The van der Waals surface area contributed by atoms with Gasteiger partial charge in [0.25, 0.3) is 11.8 Å². The summed E-state index contributed by atoms with van der Waals surface area (Å²) in [5, 5.41) is 5.03. The van der Waals surface area contributed by atoms with Gasteiger partial charge in [-0.25, -0.2) is 4.90 Å². The van der Waals surface area contributed by atoms with Crippen molar-refractivity contribution >= 4 is 68.8 Å². The van der Waals surface area contributed by atoms with Gasteiger partial charge in [-0.05, 0) is 83.8 Å². The van der Waals surface area contributed by atoms with Crippen LogP contribution < -0.4 is 15.5 Å². The van der Waals surface area contributed by atoms with Crippen molar-refractivity contribution in [1.82, 2.24) is 5.32 Å². The second-order valence-corrected chi connectivity index (χ2v) is 12.7. The largest absolute Gasteiger partial charge is 0.321 e. The van der Waals surface area contributed by atoms with Crippen molar-refractivity contribution in [2.24, 2.45) is 0 Å². The van der Waals surface area contributed by atoms with Crippen LogP contribution in [-0.4, -0.2) is 28.9 Å². The molecule has 0 bridgehead atoms. The van der Waals surface area contributed by atoms with E-state index in [0.29, 0.717) is 22.9 Å². The maximum atomic E-state index is 13.3. The molecule has 1 heterocycles. The molecular weight excluding hydrogens is 638 g/mol. The minimum Gasteiger partial charge on any atom is -0.321 e. The number of anilines is 2. The Hall–Kier alpha value is -4.47. The van der Waals surface area contributed by atoms with E-state index < -0.39 is 17.1 Å². The molecule has 4 amide bonds. The van der Waals surface area contributed by atoms with Crippen LogP contribution in [0.3, 0.4) is 0 Å². The number of carbonyl (C=O) groups is 4. The lowest BCUT2D eigenvalue weighted by atomic mass is 10.0. The van der Waals surface area contributed by atoms with E-state index in [1.807, 2.05) is 54.6 Å². The van der Waals surface area contributed by atoms with E-state index in [1.54, 1.807) is 54.6 Å². The van der Waals surface area contributed by atoms with Gasteiger partial charge in [0.05, 0.1) is 10.9 Å². The number of benzene rings is 4. The number of imide groups is 1. The molecule has 222 valence electrons. The fourth-order valence-corrected chi connectivity index (χ4v) is 5.94.